The largest absolute Gasteiger partial charge is 0.367 e. The standard InChI is InChI=1S/C26H35FN6/c1-18-13-22(31-11-9-30(4)10-12-31)25-23(14-18)33(26(29-25)32-7-5-28-6-8-32)17-21-15-19(2)24(27)20(3)16-21/h13-16,28H,5-12,17H2,1-4H3. The van der Waals surface area contributed by atoms with E-state index in [4.69, 9.17) is 4.98 Å². The van der Waals surface area contributed by atoms with Crippen LogP contribution in [0.2, 0.25) is 0 Å². The van der Waals surface area contributed by atoms with Crippen LogP contribution in [-0.2, 0) is 6.54 Å². The Balaban J connectivity index is 1.64. The molecule has 0 atom stereocenters. The van der Waals surface area contributed by atoms with Gasteiger partial charge in [0, 0.05) is 52.4 Å². The molecule has 2 saturated heterocycles. The Labute approximate surface area is 196 Å². The van der Waals surface area contributed by atoms with Gasteiger partial charge in [-0.1, -0.05) is 12.1 Å². The molecule has 5 rings (SSSR count). The number of likely N-dealkylation sites (N-methyl/N-ethyl adjacent to an activating group) is 1. The highest BCUT2D eigenvalue weighted by atomic mass is 19.1. The third-order valence-electron chi connectivity index (χ3n) is 7.04. The molecule has 7 heteroatoms. The van der Waals surface area contributed by atoms with Crippen LogP contribution in [0.1, 0.15) is 22.3 Å². The first-order valence-corrected chi connectivity index (χ1v) is 12.1. The van der Waals surface area contributed by atoms with Crippen LogP contribution in [0.4, 0.5) is 16.0 Å². The summed E-state index contributed by atoms with van der Waals surface area (Å²) in [7, 11) is 2.19. The number of imidazole rings is 1. The van der Waals surface area contributed by atoms with Crippen molar-refractivity contribution in [3.63, 3.8) is 0 Å². The van der Waals surface area contributed by atoms with Gasteiger partial charge in [-0.05, 0) is 62.2 Å². The Bertz CT molecular complexity index is 1130. The molecule has 2 aliphatic rings. The molecule has 3 heterocycles. The normalized spacial score (nSPS) is 17.8. The first kappa shape index (κ1) is 22.2. The zero-order valence-corrected chi connectivity index (χ0v) is 20.3. The zero-order valence-electron chi connectivity index (χ0n) is 20.3. The molecule has 0 unspecified atom stereocenters. The van der Waals surface area contributed by atoms with Crippen molar-refractivity contribution in [2.75, 3.05) is 69.2 Å². The van der Waals surface area contributed by atoms with Gasteiger partial charge in [0.25, 0.3) is 0 Å². The lowest BCUT2D eigenvalue weighted by molar-refractivity contribution is 0.313. The highest BCUT2D eigenvalue weighted by Gasteiger charge is 2.24. The number of fused-ring (bicyclic) bond motifs is 1. The molecule has 0 spiro atoms. The highest BCUT2D eigenvalue weighted by molar-refractivity contribution is 5.92. The van der Waals surface area contributed by atoms with Crippen molar-refractivity contribution in [3.8, 4) is 0 Å². The minimum Gasteiger partial charge on any atom is -0.367 e. The predicted molar refractivity (Wildman–Crippen MR) is 134 cm³/mol. The van der Waals surface area contributed by atoms with Crippen molar-refractivity contribution in [2.45, 2.75) is 27.3 Å². The van der Waals surface area contributed by atoms with Crippen LogP contribution in [0.15, 0.2) is 24.3 Å². The molecule has 33 heavy (non-hydrogen) atoms. The predicted octanol–water partition coefficient (Wildman–Crippen LogP) is 3.31. The quantitative estimate of drug-likeness (QED) is 0.660. The number of benzene rings is 2. The second-order valence-corrected chi connectivity index (χ2v) is 9.72. The molecular formula is C26H35FN6. The molecule has 176 valence electrons. The van der Waals surface area contributed by atoms with Crippen molar-refractivity contribution in [1.82, 2.24) is 19.8 Å². The molecule has 0 aliphatic carbocycles. The van der Waals surface area contributed by atoms with E-state index in [1.165, 1.54) is 11.3 Å². The van der Waals surface area contributed by atoms with E-state index in [2.05, 4.69) is 50.7 Å². The molecule has 1 aromatic heterocycles. The Morgan fingerprint density at radius 1 is 0.879 bits per heavy atom. The van der Waals surface area contributed by atoms with Gasteiger partial charge in [-0.2, -0.15) is 0 Å². The van der Waals surface area contributed by atoms with Crippen LogP contribution >= 0.6 is 0 Å². The van der Waals surface area contributed by atoms with E-state index >= 15 is 0 Å². The number of nitrogens with zero attached hydrogens (tertiary/aromatic N) is 5. The van der Waals surface area contributed by atoms with Crippen LogP contribution in [0.5, 0.6) is 0 Å². The molecule has 0 bridgehead atoms. The van der Waals surface area contributed by atoms with Crippen LogP contribution in [0, 0.1) is 26.6 Å². The van der Waals surface area contributed by atoms with Gasteiger partial charge in [-0.3, -0.25) is 0 Å². The fourth-order valence-electron chi connectivity index (χ4n) is 5.19. The number of hydrogen-bond donors (Lipinski definition) is 1. The third kappa shape index (κ3) is 4.32. The first-order chi connectivity index (χ1) is 15.9. The van der Waals surface area contributed by atoms with Crippen molar-refractivity contribution < 1.29 is 4.39 Å². The molecular weight excluding hydrogens is 415 g/mol. The average Bonchev–Trinajstić information content (AvgIpc) is 3.16. The molecule has 2 aromatic carbocycles. The topological polar surface area (TPSA) is 39.6 Å². The zero-order chi connectivity index (χ0) is 23.1. The van der Waals surface area contributed by atoms with Gasteiger partial charge < -0.3 is 24.6 Å². The number of anilines is 2. The Morgan fingerprint density at radius 2 is 1.55 bits per heavy atom. The fraction of sp³-hybridized carbons (Fsp3) is 0.500. The van der Waals surface area contributed by atoms with Crippen molar-refractivity contribution in [1.29, 1.82) is 0 Å². The molecule has 1 N–H and O–H groups in total. The fourth-order valence-corrected chi connectivity index (χ4v) is 5.19. The minimum atomic E-state index is -0.107. The molecule has 2 aliphatic heterocycles. The lowest BCUT2D eigenvalue weighted by atomic mass is 10.1. The number of aryl methyl sites for hydroxylation is 3. The van der Waals surface area contributed by atoms with E-state index in [0.29, 0.717) is 17.7 Å². The lowest BCUT2D eigenvalue weighted by Crippen LogP contribution is -2.44. The van der Waals surface area contributed by atoms with E-state index < -0.39 is 0 Å². The molecule has 2 fully saturated rings. The van der Waals surface area contributed by atoms with Gasteiger partial charge in [0.1, 0.15) is 11.3 Å². The summed E-state index contributed by atoms with van der Waals surface area (Å²) in [6.07, 6.45) is 0. The van der Waals surface area contributed by atoms with Crippen LogP contribution in [-0.4, -0.2) is 73.9 Å². The smallest absolute Gasteiger partial charge is 0.207 e. The van der Waals surface area contributed by atoms with Gasteiger partial charge in [-0.15, -0.1) is 0 Å². The summed E-state index contributed by atoms with van der Waals surface area (Å²) in [5, 5.41) is 3.45. The molecule has 3 aromatic rings. The Morgan fingerprint density at radius 3 is 2.21 bits per heavy atom. The second-order valence-electron chi connectivity index (χ2n) is 9.72. The summed E-state index contributed by atoms with van der Waals surface area (Å²) >= 11 is 0. The number of hydrogen-bond acceptors (Lipinski definition) is 5. The molecule has 0 radical (unpaired) electrons. The van der Waals surface area contributed by atoms with Gasteiger partial charge in [0.15, 0.2) is 0 Å². The summed E-state index contributed by atoms with van der Waals surface area (Å²) in [5.74, 6) is 0.914. The molecule has 0 amide bonds. The monoisotopic (exact) mass is 450 g/mol. The maximum Gasteiger partial charge on any atom is 0.207 e. The summed E-state index contributed by atoms with van der Waals surface area (Å²) in [6.45, 7) is 14.5. The lowest BCUT2D eigenvalue weighted by Gasteiger charge is -2.34. The summed E-state index contributed by atoms with van der Waals surface area (Å²) in [5.41, 5.74) is 7.24. The number of piperazine rings is 2. The summed E-state index contributed by atoms with van der Waals surface area (Å²) < 4.78 is 16.7. The van der Waals surface area contributed by atoms with Crippen molar-refractivity contribution in [3.05, 3.63) is 52.3 Å². The molecule has 0 saturated carbocycles. The summed E-state index contributed by atoms with van der Waals surface area (Å²) in [6, 6.07) is 8.51. The SMILES string of the molecule is Cc1cc(N2CCN(C)CC2)c2nc(N3CCNCC3)n(Cc3cc(C)c(F)c(C)c3)c2c1. The van der Waals surface area contributed by atoms with Crippen LogP contribution in [0.3, 0.4) is 0 Å². The third-order valence-corrected chi connectivity index (χ3v) is 7.04. The van der Waals surface area contributed by atoms with Gasteiger partial charge >= 0.3 is 0 Å². The van der Waals surface area contributed by atoms with Crippen molar-refractivity contribution in [2.24, 2.45) is 0 Å². The average molecular weight is 451 g/mol. The maximum atomic E-state index is 14.3. The van der Waals surface area contributed by atoms with E-state index in [-0.39, 0.29) is 5.82 Å². The Hall–Kier alpha value is -2.64. The number of halogens is 1. The van der Waals surface area contributed by atoms with E-state index in [1.807, 2.05) is 26.0 Å². The number of aromatic nitrogens is 2. The maximum absolute atomic E-state index is 14.3. The summed E-state index contributed by atoms with van der Waals surface area (Å²) in [4.78, 5) is 12.5. The second kappa shape index (κ2) is 8.95. The highest BCUT2D eigenvalue weighted by Crippen LogP contribution is 2.33. The minimum absolute atomic E-state index is 0.107. The Kier molecular flexibility index (Phi) is 6.01. The van der Waals surface area contributed by atoms with E-state index in [1.54, 1.807) is 0 Å². The number of rotatable bonds is 4. The van der Waals surface area contributed by atoms with Crippen molar-refractivity contribution >= 4 is 22.7 Å². The van der Waals surface area contributed by atoms with Crippen LogP contribution < -0.4 is 15.1 Å². The van der Waals surface area contributed by atoms with Gasteiger partial charge in [0.2, 0.25) is 5.95 Å². The van der Waals surface area contributed by atoms with Gasteiger partial charge in [0.05, 0.1) is 17.7 Å². The van der Waals surface area contributed by atoms with E-state index in [0.717, 1.165) is 74.9 Å². The number of nitrogens with one attached hydrogen (secondary N) is 1. The first-order valence-electron chi connectivity index (χ1n) is 12.1. The van der Waals surface area contributed by atoms with Crippen LogP contribution in [0.25, 0.3) is 11.0 Å². The van der Waals surface area contributed by atoms with Gasteiger partial charge in [-0.25, -0.2) is 9.37 Å². The molecule has 6 nitrogen and oxygen atoms in total. The van der Waals surface area contributed by atoms with E-state index in [9.17, 15) is 4.39 Å².